The minimum atomic E-state index is -2.94. The molecule has 1 rings (SSSR count). The lowest BCUT2D eigenvalue weighted by molar-refractivity contribution is 0.588. The molecular formula is C10H13BrO2S. The van der Waals surface area contributed by atoms with E-state index in [-0.39, 0.29) is 5.25 Å². The highest BCUT2D eigenvalue weighted by Gasteiger charge is 2.16. The van der Waals surface area contributed by atoms with Crippen LogP contribution in [0.25, 0.3) is 0 Å². The Bertz CT molecular complexity index is 412. The summed E-state index contributed by atoms with van der Waals surface area (Å²) in [5.41, 5.74) is 1.03. The van der Waals surface area contributed by atoms with Crippen molar-refractivity contribution in [2.45, 2.75) is 18.6 Å². The molecule has 0 fully saturated rings. The highest BCUT2D eigenvalue weighted by atomic mass is 79.9. The molecule has 0 bridgehead atoms. The minimum absolute atomic E-state index is 0.332. The van der Waals surface area contributed by atoms with Gasteiger partial charge in [-0.25, -0.2) is 8.42 Å². The molecule has 0 spiro atoms. The summed E-state index contributed by atoms with van der Waals surface area (Å²) in [5, 5.41) is -0.332. The molecule has 1 aromatic carbocycles. The van der Waals surface area contributed by atoms with Crippen LogP contribution in [0.15, 0.2) is 28.7 Å². The van der Waals surface area contributed by atoms with Crippen LogP contribution in [0.1, 0.15) is 12.5 Å². The van der Waals surface area contributed by atoms with Crippen molar-refractivity contribution in [3.8, 4) is 0 Å². The number of benzene rings is 1. The molecule has 0 radical (unpaired) electrons. The van der Waals surface area contributed by atoms with Crippen LogP contribution in [0, 0.1) is 0 Å². The number of hydrogen-bond acceptors (Lipinski definition) is 2. The van der Waals surface area contributed by atoms with Crippen LogP contribution in [0.5, 0.6) is 0 Å². The van der Waals surface area contributed by atoms with Gasteiger partial charge in [0.15, 0.2) is 0 Å². The molecule has 0 N–H and O–H groups in total. The Morgan fingerprint density at radius 2 is 1.93 bits per heavy atom. The maximum atomic E-state index is 11.2. The number of halogens is 1. The second-order valence-corrected chi connectivity index (χ2v) is 6.75. The van der Waals surface area contributed by atoms with Gasteiger partial charge in [-0.2, -0.15) is 0 Å². The van der Waals surface area contributed by atoms with Gasteiger partial charge in [0.1, 0.15) is 9.84 Å². The molecule has 1 unspecified atom stereocenters. The van der Waals surface area contributed by atoms with Crippen LogP contribution in [0.3, 0.4) is 0 Å². The zero-order valence-corrected chi connectivity index (χ0v) is 10.6. The SMILES string of the molecule is CC(Cc1ccccc1Br)S(C)(=O)=O. The fourth-order valence-electron chi connectivity index (χ4n) is 1.13. The van der Waals surface area contributed by atoms with E-state index in [0.29, 0.717) is 6.42 Å². The van der Waals surface area contributed by atoms with E-state index < -0.39 is 9.84 Å². The zero-order valence-electron chi connectivity index (χ0n) is 8.20. The highest BCUT2D eigenvalue weighted by Crippen LogP contribution is 2.19. The topological polar surface area (TPSA) is 34.1 Å². The van der Waals surface area contributed by atoms with E-state index in [4.69, 9.17) is 0 Å². The fraction of sp³-hybridized carbons (Fsp3) is 0.400. The lowest BCUT2D eigenvalue weighted by Gasteiger charge is -2.10. The highest BCUT2D eigenvalue weighted by molar-refractivity contribution is 9.10. The predicted molar refractivity (Wildman–Crippen MR) is 62.2 cm³/mol. The molecule has 0 heterocycles. The lowest BCUT2D eigenvalue weighted by Crippen LogP contribution is -2.18. The Labute approximate surface area is 93.4 Å². The van der Waals surface area contributed by atoms with Gasteiger partial charge in [-0.3, -0.25) is 0 Å². The van der Waals surface area contributed by atoms with Crippen LogP contribution in [0.2, 0.25) is 0 Å². The molecule has 0 saturated carbocycles. The standard InChI is InChI=1S/C10H13BrO2S/c1-8(14(2,12)13)7-9-5-3-4-6-10(9)11/h3-6,8H,7H2,1-2H3. The third-order valence-electron chi connectivity index (χ3n) is 2.20. The number of hydrogen-bond donors (Lipinski definition) is 0. The van der Waals surface area contributed by atoms with Crippen molar-refractivity contribution in [3.63, 3.8) is 0 Å². The number of sulfone groups is 1. The van der Waals surface area contributed by atoms with Gasteiger partial charge in [0.25, 0.3) is 0 Å². The van der Waals surface area contributed by atoms with Crippen molar-refractivity contribution in [1.29, 1.82) is 0 Å². The van der Waals surface area contributed by atoms with Crippen molar-refractivity contribution in [1.82, 2.24) is 0 Å². The first-order valence-corrected chi connectivity index (χ1v) is 7.08. The summed E-state index contributed by atoms with van der Waals surface area (Å²) in [6.07, 6.45) is 1.83. The van der Waals surface area contributed by atoms with E-state index in [1.807, 2.05) is 24.3 Å². The van der Waals surface area contributed by atoms with Crippen LogP contribution < -0.4 is 0 Å². The van der Waals surface area contributed by atoms with Gasteiger partial charge in [0.05, 0.1) is 5.25 Å². The van der Waals surface area contributed by atoms with E-state index in [2.05, 4.69) is 15.9 Å². The molecule has 1 aromatic rings. The quantitative estimate of drug-likeness (QED) is 0.850. The zero-order chi connectivity index (χ0) is 10.8. The van der Waals surface area contributed by atoms with Gasteiger partial charge in [0, 0.05) is 10.7 Å². The summed E-state index contributed by atoms with van der Waals surface area (Å²) in [6.45, 7) is 1.73. The summed E-state index contributed by atoms with van der Waals surface area (Å²) in [6, 6.07) is 7.68. The van der Waals surface area contributed by atoms with Crippen LogP contribution in [-0.4, -0.2) is 19.9 Å². The van der Waals surface area contributed by atoms with E-state index in [0.717, 1.165) is 10.0 Å². The first kappa shape index (κ1) is 11.7. The second kappa shape index (κ2) is 4.45. The molecule has 0 amide bonds. The Hall–Kier alpha value is -0.350. The monoisotopic (exact) mass is 276 g/mol. The molecule has 0 aliphatic rings. The van der Waals surface area contributed by atoms with E-state index >= 15 is 0 Å². The maximum absolute atomic E-state index is 11.2. The van der Waals surface area contributed by atoms with Crippen molar-refractivity contribution >= 4 is 25.8 Å². The van der Waals surface area contributed by atoms with Gasteiger partial charge in [-0.15, -0.1) is 0 Å². The minimum Gasteiger partial charge on any atom is -0.229 e. The third-order valence-corrected chi connectivity index (χ3v) is 4.60. The summed E-state index contributed by atoms with van der Waals surface area (Å²) in [5.74, 6) is 0. The largest absolute Gasteiger partial charge is 0.229 e. The maximum Gasteiger partial charge on any atom is 0.150 e. The Kier molecular flexibility index (Phi) is 3.72. The van der Waals surface area contributed by atoms with Crippen molar-refractivity contribution in [3.05, 3.63) is 34.3 Å². The van der Waals surface area contributed by atoms with Gasteiger partial charge in [-0.1, -0.05) is 34.1 Å². The van der Waals surface area contributed by atoms with E-state index in [1.54, 1.807) is 6.92 Å². The number of rotatable bonds is 3. The normalized spacial score (nSPS) is 13.9. The van der Waals surface area contributed by atoms with Crippen molar-refractivity contribution < 1.29 is 8.42 Å². The molecule has 14 heavy (non-hydrogen) atoms. The first-order chi connectivity index (χ1) is 6.41. The fourth-order valence-corrected chi connectivity index (χ4v) is 2.05. The molecule has 0 aliphatic carbocycles. The molecular weight excluding hydrogens is 264 g/mol. The summed E-state index contributed by atoms with van der Waals surface area (Å²) in [7, 11) is -2.94. The molecule has 2 nitrogen and oxygen atoms in total. The first-order valence-electron chi connectivity index (χ1n) is 4.33. The third kappa shape index (κ3) is 3.10. The molecule has 4 heteroatoms. The van der Waals surface area contributed by atoms with Crippen LogP contribution in [0.4, 0.5) is 0 Å². The second-order valence-electron chi connectivity index (χ2n) is 3.44. The lowest BCUT2D eigenvalue weighted by atomic mass is 10.1. The average molecular weight is 277 g/mol. The predicted octanol–water partition coefficient (Wildman–Crippen LogP) is 2.42. The molecule has 0 aromatic heterocycles. The van der Waals surface area contributed by atoms with Crippen LogP contribution in [-0.2, 0) is 16.3 Å². The summed E-state index contributed by atoms with van der Waals surface area (Å²) < 4.78 is 23.4. The Morgan fingerprint density at radius 3 is 2.43 bits per heavy atom. The van der Waals surface area contributed by atoms with Crippen molar-refractivity contribution in [2.24, 2.45) is 0 Å². The smallest absolute Gasteiger partial charge is 0.150 e. The summed E-state index contributed by atoms with van der Waals surface area (Å²) >= 11 is 3.40. The van der Waals surface area contributed by atoms with E-state index in [1.165, 1.54) is 6.26 Å². The summed E-state index contributed by atoms with van der Waals surface area (Å²) in [4.78, 5) is 0. The van der Waals surface area contributed by atoms with Crippen molar-refractivity contribution in [2.75, 3.05) is 6.26 Å². The Morgan fingerprint density at radius 1 is 1.36 bits per heavy atom. The van der Waals surface area contributed by atoms with Gasteiger partial charge in [-0.05, 0) is 25.0 Å². The van der Waals surface area contributed by atoms with E-state index in [9.17, 15) is 8.42 Å². The molecule has 78 valence electrons. The van der Waals surface area contributed by atoms with Gasteiger partial charge < -0.3 is 0 Å². The van der Waals surface area contributed by atoms with Crippen LogP contribution >= 0.6 is 15.9 Å². The Balaban J connectivity index is 2.85. The molecule has 0 aliphatic heterocycles. The molecule has 0 saturated heterocycles. The average Bonchev–Trinajstić information content (AvgIpc) is 2.07. The van der Waals surface area contributed by atoms with Gasteiger partial charge >= 0.3 is 0 Å². The van der Waals surface area contributed by atoms with Gasteiger partial charge in [0.2, 0.25) is 0 Å². The molecule has 1 atom stereocenters.